The van der Waals surface area contributed by atoms with Crippen molar-refractivity contribution < 1.29 is 24.9 Å². The first-order chi connectivity index (χ1) is 6.90. The van der Waals surface area contributed by atoms with Gasteiger partial charge in [-0.1, -0.05) is 20.3 Å². The standard InChI is InChI=1S/C9H17NO5/c1-3-5(2)7(9(14)15)10-4-6(11)8(12)13/h5-7,10-11H,3-4H2,1-2H3,(H,12,13)(H,14,15)/t5-,6?,7-/m0/s1. The SMILES string of the molecule is CC[C@H](C)[C@H](NCC(O)C(=O)O)C(=O)O. The molecule has 0 spiro atoms. The monoisotopic (exact) mass is 219 g/mol. The molecule has 4 N–H and O–H groups in total. The van der Waals surface area contributed by atoms with E-state index in [1.165, 1.54) is 0 Å². The molecule has 3 atom stereocenters. The van der Waals surface area contributed by atoms with E-state index >= 15 is 0 Å². The lowest BCUT2D eigenvalue weighted by molar-refractivity contribution is -0.147. The molecule has 0 aromatic heterocycles. The van der Waals surface area contributed by atoms with Crippen molar-refractivity contribution in [3.63, 3.8) is 0 Å². The van der Waals surface area contributed by atoms with Crippen molar-refractivity contribution in [1.29, 1.82) is 0 Å². The summed E-state index contributed by atoms with van der Waals surface area (Å²) in [5.74, 6) is -2.53. The topological polar surface area (TPSA) is 107 Å². The molecular weight excluding hydrogens is 202 g/mol. The number of aliphatic hydroxyl groups excluding tert-OH is 1. The number of rotatable bonds is 7. The average molecular weight is 219 g/mol. The van der Waals surface area contributed by atoms with Gasteiger partial charge in [-0.2, -0.15) is 0 Å². The van der Waals surface area contributed by atoms with Crippen LogP contribution in [0.3, 0.4) is 0 Å². The minimum Gasteiger partial charge on any atom is -0.480 e. The Kier molecular flexibility index (Phi) is 5.88. The van der Waals surface area contributed by atoms with E-state index in [-0.39, 0.29) is 12.5 Å². The number of aliphatic carboxylic acids is 2. The van der Waals surface area contributed by atoms with E-state index in [1.807, 2.05) is 6.92 Å². The fraction of sp³-hybridized carbons (Fsp3) is 0.778. The first kappa shape index (κ1) is 13.9. The molecule has 0 aromatic rings. The highest BCUT2D eigenvalue weighted by Gasteiger charge is 2.24. The van der Waals surface area contributed by atoms with Crippen LogP contribution in [0.4, 0.5) is 0 Å². The Bertz CT molecular complexity index is 231. The van der Waals surface area contributed by atoms with Crippen molar-refractivity contribution in [2.75, 3.05) is 6.54 Å². The second-order valence-electron chi connectivity index (χ2n) is 3.46. The Balaban J connectivity index is 4.19. The summed E-state index contributed by atoms with van der Waals surface area (Å²) in [5.41, 5.74) is 0. The maximum atomic E-state index is 10.8. The van der Waals surface area contributed by atoms with Crippen LogP contribution in [0, 0.1) is 5.92 Å². The van der Waals surface area contributed by atoms with Crippen LogP contribution >= 0.6 is 0 Å². The molecule has 0 saturated carbocycles. The van der Waals surface area contributed by atoms with Crippen LogP contribution in [0.1, 0.15) is 20.3 Å². The van der Waals surface area contributed by atoms with Crippen molar-refractivity contribution in [2.24, 2.45) is 5.92 Å². The molecular formula is C9H17NO5. The summed E-state index contributed by atoms with van der Waals surface area (Å²) in [5, 5.41) is 28.7. The summed E-state index contributed by atoms with van der Waals surface area (Å²) in [7, 11) is 0. The van der Waals surface area contributed by atoms with Crippen LogP contribution in [0.2, 0.25) is 0 Å². The normalized spacial score (nSPS) is 16.7. The minimum atomic E-state index is -1.57. The number of nitrogens with one attached hydrogen (secondary N) is 1. The van der Waals surface area contributed by atoms with Gasteiger partial charge in [-0.3, -0.25) is 4.79 Å². The predicted octanol–water partition coefficient (Wildman–Crippen LogP) is -0.479. The molecule has 0 amide bonds. The van der Waals surface area contributed by atoms with Gasteiger partial charge in [0.05, 0.1) is 0 Å². The average Bonchev–Trinajstić information content (AvgIpc) is 2.16. The molecule has 6 nitrogen and oxygen atoms in total. The van der Waals surface area contributed by atoms with E-state index in [4.69, 9.17) is 15.3 Å². The third kappa shape index (κ3) is 4.75. The molecule has 15 heavy (non-hydrogen) atoms. The molecule has 0 aliphatic carbocycles. The number of hydrogen-bond donors (Lipinski definition) is 4. The van der Waals surface area contributed by atoms with Gasteiger partial charge in [-0.05, 0) is 5.92 Å². The van der Waals surface area contributed by atoms with Crippen LogP contribution in [-0.4, -0.2) is 45.9 Å². The number of carboxylic acid groups (broad SMARTS) is 2. The third-order valence-electron chi connectivity index (χ3n) is 2.30. The van der Waals surface area contributed by atoms with Gasteiger partial charge < -0.3 is 20.6 Å². The third-order valence-corrected chi connectivity index (χ3v) is 2.30. The zero-order chi connectivity index (χ0) is 12.0. The largest absolute Gasteiger partial charge is 0.480 e. The fourth-order valence-corrected chi connectivity index (χ4v) is 1.09. The van der Waals surface area contributed by atoms with Gasteiger partial charge >= 0.3 is 11.9 Å². The Hall–Kier alpha value is -1.14. The van der Waals surface area contributed by atoms with Gasteiger partial charge in [0.15, 0.2) is 6.10 Å². The van der Waals surface area contributed by atoms with Gasteiger partial charge in [-0.15, -0.1) is 0 Å². The number of carboxylic acids is 2. The molecule has 0 rings (SSSR count). The van der Waals surface area contributed by atoms with E-state index in [2.05, 4.69) is 5.32 Å². The number of hydrogen-bond acceptors (Lipinski definition) is 4. The van der Waals surface area contributed by atoms with Crippen molar-refractivity contribution in [2.45, 2.75) is 32.4 Å². The molecule has 0 radical (unpaired) electrons. The molecule has 1 unspecified atom stereocenters. The Morgan fingerprint density at radius 3 is 2.13 bits per heavy atom. The van der Waals surface area contributed by atoms with Crippen molar-refractivity contribution in [3.05, 3.63) is 0 Å². The Labute approximate surface area is 87.9 Å². The maximum absolute atomic E-state index is 10.8. The molecule has 0 saturated heterocycles. The van der Waals surface area contributed by atoms with Gasteiger partial charge in [-0.25, -0.2) is 4.79 Å². The summed E-state index contributed by atoms with van der Waals surface area (Å²) in [6.07, 6.45) is -0.913. The molecule has 0 aliphatic heterocycles. The van der Waals surface area contributed by atoms with E-state index < -0.39 is 24.1 Å². The molecule has 0 bridgehead atoms. The quantitative estimate of drug-likeness (QED) is 0.461. The van der Waals surface area contributed by atoms with Gasteiger partial charge in [0, 0.05) is 6.54 Å². The van der Waals surface area contributed by atoms with E-state index in [9.17, 15) is 9.59 Å². The van der Waals surface area contributed by atoms with Crippen LogP contribution in [0.25, 0.3) is 0 Å². The van der Waals surface area contributed by atoms with Gasteiger partial charge in [0.2, 0.25) is 0 Å². The lowest BCUT2D eigenvalue weighted by Crippen LogP contribution is -2.46. The van der Waals surface area contributed by atoms with Crippen molar-refractivity contribution >= 4 is 11.9 Å². The molecule has 6 heteroatoms. The van der Waals surface area contributed by atoms with E-state index in [0.29, 0.717) is 6.42 Å². The highest BCUT2D eigenvalue weighted by Crippen LogP contribution is 2.07. The van der Waals surface area contributed by atoms with Gasteiger partial charge in [0.25, 0.3) is 0 Å². The second-order valence-corrected chi connectivity index (χ2v) is 3.46. The summed E-state index contributed by atoms with van der Waals surface area (Å²) in [6, 6.07) is -0.830. The minimum absolute atomic E-state index is 0.122. The summed E-state index contributed by atoms with van der Waals surface area (Å²) in [4.78, 5) is 21.1. The first-order valence-corrected chi connectivity index (χ1v) is 4.77. The summed E-state index contributed by atoms with van der Waals surface area (Å²) in [6.45, 7) is 3.32. The molecule has 0 aliphatic rings. The Morgan fingerprint density at radius 2 is 1.80 bits per heavy atom. The van der Waals surface area contributed by atoms with Crippen molar-refractivity contribution in [3.8, 4) is 0 Å². The van der Waals surface area contributed by atoms with E-state index in [0.717, 1.165) is 0 Å². The lowest BCUT2D eigenvalue weighted by atomic mass is 9.99. The zero-order valence-corrected chi connectivity index (χ0v) is 8.80. The molecule has 0 fully saturated rings. The Morgan fingerprint density at radius 1 is 1.27 bits per heavy atom. The summed E-state index contributed by atoms with van der Waals surface area (Å²) >= 11 is 0. The van der Waals surface area contributed by atoms with E-state index in [1.54, 1.807) is 6.92 Å². The summed E-state index contributed by atoms with van der Waals surface area (Å²) < 4.78 is 0. The molecule has 0 heterocycles. The van der Waals surface area contributed by atoms with Crippen LogP contribution < -0.4 is 5.32 Å². The zero-order valence-electron chi connectivity index (χ0n) is 8.80. The van der Waals surface area contributed by atoms with Crippen LogP contribution in [0.5, 0.6) is 0 Å². The van der Waals surface area contributed by atoms with Gasteiger partial charge in [0.1, 0.15) is 6.04 Å². The van der Waals surface area contributed by atoms with Crippen LogP contribution in [0.15, 0.2) is 0 Å². The predicted molar refractivity (Wildman–Crippen MR) is 52.5 cm³/mol. The highest BCUT2D eigenvalue weighted by atomic mass is 16.4. The fourth-order valence-electron chi connectivity index (χ4n) is 1.09. The molecule has 88 valence electrons. The van der Waals surface area contributed by atoms with Crippen molar-refractivity contribution in [1.82, 2.24) is 5.32 Å². The first-order valence-electron chi connectivity index (χ1n) is 4.77. The highest BCUT2D eigenvalue weighted by molar-refractivity contribution is 5.74. The maximum Gasteiger partial charge on any atom is 0.333 e. The van der Waals surface area contributed by atoms with Crippen LogP contribution in [-0.2, 0) is 9.59 Å². The second kappa shape index (κ2) is 6.36. The number of aliphatic hydroxyl groups is 1. The molecule has 0 aromatic carbocycles. The smallest absolute Gasteiger partial charge is 0.333 e. The number of carbonyl (C=O) groups is 2. The lowest BCUT2D eigenvalue weighted by Gasteiger charge is -2.20.